The Morgan fingerprint density at radius 2 is 2.21 bits per heavy atom. The van der Waals surface area contributed by atoms with Crippen LogP contribution in [0.4, 0.5) is 0 Å². The average molecular weight is 365 g/mol. The van der Waals surface area contributed by atoms with Gasteiger partial charge in [0.05, 0.1) is 0 Å². The molecule has 1 N–H and O–H groups in total. The topological polar surface area (TPSA) is 63.1 Å². The Kier molecular flexibility index (Phi) is 4.89. The first kappa shape index (κ1) is 17.7. The molecule has 0 saturated heterocycles. The largest absolute Gasteiger partial charge is 0.480 e. The number of carboxylic acid groups (broad SMARTS) is 1. The predicted molar refractivity (Wildman–Crippen MR) is 100.0 cm³/mol. The molecule has 3 rings (SSSR count). The minimum atomic E-state index is -0.772. The summed E-state index contributed by atoms with van der Waals surface area (Å²) in [5.41, 5.74) is 1.67. The van der Waals surface area contributed by atoms with Gasteiger partial charge in [-0.25, -0.2) is 9.97 Å². The standard InChI is InChI=1S/C18H24N2O2S2/c1-5-12(17(21)22)23-15-14-11-7-6-10(18(2,3)4)8-13(11)24-16(14)20-9-19-15/h9-10,12H,5-8H2,1-4H3,(H,21,22). The number of carbonyl (C=O) groups is 1. The minimum Gasteiger partial charge on any atom is -0.480 e. The van der Waals surface area contributed by atoms with Crippen LogP contribution in [0, 0.1) is 11.3 Å². The van der Waals surface area contributed by atoms with Crippen molar-refractivity contribution in [1.29, 1.82) is 0 Å². The van der Waals surface area contributed by atoms with E-state index in [-0.39, 0.29) is 0 Å². The summed E-state index contributed by atoms with van der Waals surface area (Å²) in [4.78, 5) is 22.7. The van der Waals surface area contributed by atoms with E-state index in [0.29, 0.717) is 17.8 Å². The zero-order valence-electron chi connectivity index (χ0n) is 14.6. The molecule has 2 unspecified atom stereocenters. The lowest BCUT2D eigenvalue weighted by Crippen LogP contribution is -2.26. The van der Waals surface area contributed by atoms with Crippen LogP contribution in [0.3, 0.4) is 0 Å². The van der Waals surface area contributed by atoms with E-state index in [1.807, 2.05) is 6.92 Å². The Morgan fingerprint density at radius 1 is 1.46 bits per heavy atom. The quantitative estimate of drug-likeness (QED) is 0.624. The Hall–Kier alpha value is -1.14. The SMILES string of the molecule is CCC(Sc1ncnc2sc3c(c12)CCC(C(C)(C)C)C3)C(=O)O. The van der Waals surface area contributed by atoms with Crippen LogP contribution < -0.4 is 0 Å². The van der Waals surface area contributed by atoms with Gasteiger partial charge in [-0.05, 0) is 42.6 Å². The Bertz CT molecular complexity index is 764. The van der Waals surface area contributed by atoms with Crippen molar-refractivity contribution in [1.82, 2.24) is 9.97 Å². The molecular formula is C18H24N2O2S2. The van der Waals surface area contributed by atoms with E-state index in [4.69, 9.17) is 0 Å². The number of aliphatic carboxylic acids is 1. The summed E-state index contributed by atoms with van der Waals surface area (Å²) in [7, 11) is 0. The second-order valence-electron chi connectivity index (χ2n) is 7.52. The molecule has 4 nitrogen and oxygen atoms in total. The van der Waals surface area contributed by atoms with E-state index in [9.17, 15) is 9.90 Å². The molecule has 0 aliphatic heterocycles. The van der Waals surface area contributed by atoms with Gasteiger partial charge in [0.1, 0.15) is 21.4 Å². The fraction of sp³-hybridized carbons (Fsp3) is 0.611. The Labute approximate surface area is 151 Å². The smallest absolute Gasteiger partial charge is 0.317 e. The molecule has 24 heavy (non-hydrogen) atoms. The second-order valence-corrected chi connectivity index (χ2v) is 9.80. The molecule has 1 aliphatic carbocycles. The summed E-state index contributed by atoms with van der Waals surface area (Å²) >= 11 is 3.13. The number of rotatable bonds is 4. The van der Waals surface area contributed by atoms with E-state index in [2.05, 4.69) is 30.7 Å². The molecule has 1 aliphatic rings. The maximum atomic E-state index is 11.4. The summed E-state index contributed by atoms with van der Waals surface area (Å²) in [5, 5.41) is 10.8. The molecule has 0 fully saturated rings. The lowest BCUT2D eigenvalue weighted by Gasteiger charge is -2.33. The zero-order chi connectivity index (χ0) is 17.5. The number of thiophene rings is 1. The third-order valence-corrected chi connectivity index (χ3v) is 7.45. The third-order valence-electron chi connectivity index (χ3n) is 4.94. The van der Waals surface area contributed by atoms with Crippen LogP contribution in [0.25, 0.3) is 10.2 Å². The summed E-state index contributed by atoms with van der Waals surface area (Å²) in [6, 6.07) is 0. The number of aromatic nitrogens is 2. The summed E-state index contributed by atoms with van der Waals surface area (Å²) < 4.78 is 0. The van der Waals surface area contributed by atoms with Crippen molar-refractivity contribution in [3.05, 3.63) is 16.8 Å². The molecule has 0 aromatic carbocycles. The average Bonchev–Trinajstić information content (AvgIpc) is 2.89. The molecule has 0 saturated carbocycles. The highest BCUT2D eigenvalue weighted by Crippen LogP contribution is 2.45. The van der Waals surface area contributed by atoms with Gasteiger partial charge in [0, 0.05) is 10.3 Å². The molecule has 6 heteroatoms. The highest BCUT2D eigenvalue weighted by molar-refractivity contribution is 8.00. The minimum absolute atomic E-state index is 0.313. The summed E-state index contributed by atoms with van der Waals surface area (Å²) in [5.74, 6) is -0.0873. The van der Waals surface area contributed by atoms with Crippen molar-refractivity contribution in [2.75, 3.05) is 0 Å². The van der Waals surface area contributed by atoms with Gasteiger partial charge < -0.3 is 5.11 Å². The molecule has 130 valence electrons. The van der Waals surface area contributed by atoms with E-state index in [1.54, 1.807) is 17.7 Å². The first-order chi connectivity index (χ1) is 11.3. The zero-order valence-corrected chi connectivity index (χ0v) is 16.3. The Balaban J connectivity index is 2.00. The van der Waals surface area contributed by atoms with E-state index < -0.39 is 11.2 Å². The van der Waals surface area contributed by atoms with Crippen LogP contribution in [-0.2, 0) is 17.6 Å². The number of hydrogen-bond acceptors (Lipinski definition) is 5. The second kappa shape index (κ2) is 6.64. The molecule has 2 heterocycles. The molecule has 2 aromatic heterocycles. The van der Waals surface area contributed by atoms with Crippen LogP contribution in [0.15, 0.2) is 11.4 Å². The monoisotopic (exact) mass is 364 g/mol. The van der Waals surface area contributed by atoms with Crippen LogP contribution in [0.5, 0.6) is 0 Å². The fourth-order valence-electron chi connectivity index (χ4n) is 3.35. The molecule has 2 atom stereocenters. The van der Waals surface area contributed by atoms with Gasteiger partial charge in [-0.15, -0.1) is 11.3 Å². The molecular weight excluding hydrogens is 340 g/mol. The normalized spacial score (nSPS) is 19.2. The number of carboxylic acids is 1. The van der Waals surface area contributed by atoms with Crippen molar-refractivity contribution in [3.63, 3.8) is 0 Å². The van der Waals surface area contributed by atoms with E-state index >= 15 is 0 Å². The molecule has 0 amide bonds. The first-order valence-corrected chi connectivity index (χ1v) is 10.2. The van der Waals surface area contributed by atoms with Crippen LogP contribution >= 0.6 is 23.1 Å². The number of hydrogen-bond donors (Lipinski definition) is 1. The van der Waals surface area contributed by atoms with Gasteiger partial charge >= 0.3 is 5.97 Å². The Morgan fingerprint density at radius 3 is 2.83 bits per heavy atom. The number of aryl methyl sites for hydroxylation is 1. The number of thioether (sulfide) groups is 1. The van der Waals surface area contributed by atoms with Crippen LogP contribution in [0.2, 0.25) is 0 Å². The van der Waals surface area contributed by atoms with Crippen LogP contribution in [-0.4, -0.2) is 26.3 Å². The fourth-order valence-corrected chi connectivity index (χ4v) is 5.67. The molecule has 0 bridgehead atoms. The van der Waals surface area contributed by atoms with Crippen molar-refractivity contribution in [3.8, 4) is 0 Å². The molecule has 2 aromatic rings. The first-order valence-electron chi connectivity index (χ1n) is 8.46. The highest BCUT2D eigenvalue weighted by atomic mass is 32.2. The van der Waals surface area contributed by atoms with Crippen molar-refractivity contribution >= 4 is 39.3 Å². The predicted octanol–water partition coefficient (Wildman–Crippen LogP) is 4.80. The summed E-state index contributed by atoms with van der Waals surface area (Å²) in [6.45, 7) is 8.85. The summed E-state index contributed by atoms with van der Waals surface area (Å²) in [6.07, 6.45) is 5.48. The van der Waals surface area contributed by atoms with Crippen LogP contribution in [0.1, 0.15) is 51.0 Å². The van der Waals surface area contributed by atoms with Crippen molar-refractivity contribution in [2.45, 2.75) is 63.7 Å². The van der Waals surface area contributed by atoms with Crippen molar-refractivity contribution in [2.24, 2.45) is 11.3 Å². The van der Waals surface area contributed by atoms with E-state index in [1.165, 1.54) is 28.6 Å². The van der Waals surface area contributed by atoms with Gasteiger partial charge in [-0.1, -0.05) is 39.5 Å². The molecule has 0 spiro atoms. The number of fused-ring (bicyclic) bond motifs is 3. The number of nitrogens with zero attached hydrogens (tertiary/aromatic N) is 2. The molecule has 0 radical (unpaired) electrons. The lowest BCUT2D eigenvalue weighted by atomic mass is 9.72. The lowest BCUT2D eigenvalue weighted by molar-refractivity contribution is -0.136. The van der Waals surface area contributed by atoms with Gasteiger partial charge in [0.25, 0.3) is 0 Å². The van der Waals surface area contributed by atoms with Gasteiger partial charge in [-0.3, -0.25) is 4.79 Å². The van der Waals surface area contributed by atoms with Gasteiger partial charge in [0.2, 0.25) is 0 Å². The van der Waals surface area contributed by atoms with Gasteiger partial charge in [0.15, 0.2) is 0 Å². The van der Waals surface area contributed by atoms with Crippen molar-refractivity contribution < 1.29 is 9.90 Å². The van der Waals surface area contributed by atoms with E-state index in [0.717, 1.165) is 28.1 Å². The third kappa shape index (κ3) is 3.31. The maximum absolute atomic E-state index is 11.4. The van der Waals surface area contributed by atoms with Gasteiger partial charge in [-0.2, -0.15) is 0 Å². The highest BCUT2D eigenvalue weighted by Gasteiger charge is 2.32. The maximum Gasteiger partial charge on any atom is 0.317 e.